The van der Waals surface area contributed by atoms with Crippen LogP contribution in [0.4, 0.5) is 26.3 Å². The monoisotopic (exact) mass is 302 g/mol. The fourth-order valence-electron chi connectivity index (χ4n) is 1.22. The lowest BCUT2D eigenvalue weighted by atomic mass is 10.2. The molecule has 0 unspecified atom stereocenters. The lowest BCUT2D eigenvalue weighted by Crippen LogP contribution is -2.45. The van der Waals surface area contributed by atoms with Crippen LogP contribution in [0.15, 0.2) is 24.3 Å². The smallest absolute Gasteiger partial charge is 0.434 e. The van der Waals surface area contributed by atoms with Crippen LogP contribution in [0.25, 0.3) is 0 Å². The zero-order chi connectivity index (χ0) is 15.6. The van der Waals surface area contributed by atoms with Gasteiger partial charge in [0.25, 0.3) is 6.10 Å². The Labute approximate surface area is 109 Å². The van der Waals surface area contributed by atoms with Crippen LogP contribution in [-0.2, 0) is 4.74 Å². The Morgan fingerprint density at radius 3 is 1.80 bits per heavy atom. The second-order valence-corrected chi connectivity index (χ2v) is 3.60. The quantitative estimate of drug-likeness (QED) is 0.634. The van der Waals surface area contributed by atoms with Gasteiger partial charge in [-0.1, -0.05) is 0 Å². The summed E-state index contributed by atoms with van der Waals surface area (Å²) < 4.78 is 81.4. The van der Waals surface area contributed by atoms with Crippen LogP contribution in [-0.4, -0.2) is 31.5 Å². The Morgan fingerprint density at radius 1 is 1.00 bits per heavy atom. The van der Waals surface area contributed by atoms with Crippen LogP contribution in [0, 0.1) is 0 Å². The van der Waals surface area contributed by atoms with Crippen LogP contribution >= 0.6 is 0 Å². The summed E-state index contributed by atoms with van der Waals surface area (Å²) in [5.41, 5.74) is -0.454. The number of hydrogen-bond acceptors (Lipinski definition) is 3. The van der Waals surface area contributed by atoms with E-state index >= 15 is 0 Å². The fraction of sp³-hybridized carbons (Fsp3) is 0.364. The van der Waals surface area contributed by atoms with Gasteiger partial charge in [-0.05, 0) is 24.3 Å². The largest absolute Gasteiger partial charge is 0.497 e. The number of ether oxygens (including phenoxy) is 2. The standard InChI is InChI=1S/C11H8F6O3/c1-19-7-4-2-6(3-5-7)8(18)20-9(10(12,13)14)11(15,16)17/h2-5,9H,1H3. The van der Waals surface area contributed by atoms with Crippen LogP contribution < -0.4 is 4.74 Å². The summed E-state index contributed by atoms with van der Waals surface area (Å²) in [6, 6.07) is 4.38. The minimum atomic E-state index is -5.74. The van der Waals surface area contributed by atoms with Gasteiger partial charge in [0.05, 0.1) is 12.7 Å². The first-order valence-electron chi connectivity index (χ1n) is 5.04. The molecule has 1 aromatic rings. The molecule has 0 radical (unpaired) electrons. The van der Waals surface area contributed by atoms with Crippen molar-refractivity contribution >= 4 is 5.97 Å². The van der Waals surface area contributed by atoms with E-state index in [1.165, 1.54) is 19.2 Å². The van der Waals surface area contributed by atoms with Crippen LogP contribution in [0.2, 0.25) is 0 Å². The number of carbonyl (C=O) groups excluding carboxylic acids is 1. The molecule has 1 aromatic carbocycles. The van der Waals surface area contributed by atoms with Gasteiger partial charge in [-0.3, -0.25) is 0 Å². The average Bonchev–Trinajstić information content (AvgIpc) is 2.33. The SMILES string of the molecule is COc1ccc(C(=O)OC(C(F)(F)F)C(F)(F)F)cc1. The molecule has 0 atom stereocenters. The van der Waals surface area contributed by atoms with E-state index in [0.717, 1.165) is 12.1 Å². The number of rotatable bonds is 3. The van der Waals surface area contributed by atoms with E-state index in [1.807, 2.05) is 0 Å². The molecule has 0 fully saturated rings. The molecule has 0 aliphatic rings. The molecule has 0 amide bonds. The third-order valence-electron chi connectivity index (χ3n) is 2.15. The summed E-state index contributed by atoms with van der Waals surface area (Å²) in [6.45, 7) is 0. The maximum absolute atomic E-state index is 12.2. The van der Waals surface area contributed by atoms with E-state index in [4.69, 9.17) is 4.74 Å². The number of esters is 1. The number of carbonyl (C=O) groups is 1. The Balaban J connectivity index is 2.91. The molecule has 0 saturated heterocycles. The van der Waals surface area contributed by atoms with E-state index in [0.29, 0.717) is 0 Å². The molecule has 9 heteroatoms. The minimum absolute atomic E-state index is 0.282. The second-order valence-electron chi connectivity index (χ2n) is 3.60. The minimum Gasteiger partial charge on any atom is -0.497 e. The molecule has 0 N–H and O–H groups in total. The van der Waals surface area contributed by atoms with Crippen molar-refractivity contribution in [2.45, 2.75) is 18.5 Å². The van der Waals surface area contributed by atoms with E-state index in [2.05, 4.69) is 4.74 Å². The van der Waals surface area contributed by atoms with Gasteiger partial charge in [0, 0.05) is 0 Å². The summed E-state index contributed by atoms with van der Waals surface area (Å²) in [6.07, 6.45) is -15.6. The van der Waals surface area contributed by atoms with Crippen molar-refractivity contribution in [1.82, 2.24) is 0 Å². The van der Waals surface area contributed by atoms with Crippen molar-refractivity contribution in [1.29, 1.82) is 0 Å². The Hall–Kier alpha value is -1.93. The van der Waals surface area contributed by atoms with Gasteiger partial charge in [-0.2, -0.15) is 26.3 Å². The molecule has 0 bridgehead atoms. The number of methoxy groups -OCH3 is 1. The van der Waals surface area contributed by atoms with Gasteiger partial charge in [-0.15, -0.1) is 0 Å². The van der Waals surface area contributed by atoms with E-state index in [9.17, 15) is 31.1 Å². The number of halogens is 6. The molecule has 0 spiro atoms. The van der Waals surface area contributed by atoms with E-state index in [-0.39, 0.29) is 5.75 Å². The first kappa shape index (κ1) is 16.1. The van der Waals surface area contributed by atoms with Crippen molar-refractivity contribution in [2.75, 3.05) is 7.11 Å². The molecule has 0 saturated carbocycles. The van der Waals surface area contributed by atoms with Crippen molar-refractivity contribution in [3.8, 4) is 5.75 Å². The molecule has 0 heterocycles. The average molecular weight is 302 g/mol. The zero-order valence-corrected chi connectivity index (χ0v) is 9.88. The maximum Gasteiger partial charge on any atom is 0.434 e. The van der Waals surface area contributed by atoms with E-state index in [1.54, 1.807) is 0 Å². The van der Waals surface area contributed by atoms with Gasteiger partial charge in [0.15, 0.2) is 0 Å². The Morgan fingerprint density at radius 2 is 1.45 bits per heavy atom. The molecule has 20 heavy (non-hydrogen) atoms. The summed E-state index contributed by atoms with van der Waals surface area (Å²) in [7, 11) is 1.30. The van der Waals surface area contributed by atoms with Crippen molar-refractivity contribution in [3.05, 3.63) is 29.8 Å². The molecular weight excluding hydrogens is 294 g/mol. The summed E-state index contributed by atoms with van der Waals surface area (Å²) >= 11 is 0. The Kier molecular flexibility index (Phi) is 4.51. The molecular formula is C11H8F6O3. The summed E-state index contributed by atoms with van der Waals surface area (Å²) in [4.78, 5) is 11.3. The van der Waals surface area contributed by atoms with Crippen LogP contribution in [0.1, 0.15) is 10.4 Å². The predicted molar refractivity (Wildman–Crippen MR) is 54.3 cm³/mol. The molecule has 0 aliphatic heterocycles. The normalized spacial score (nSPS) is 12.4. The van der Waals surface area contributed by atoms with Crippen molar-refractivity contribution in [3.63, 3.8) is 0 Å². The molecule has 1 rings (SSSR count). The highest BCUT2D eigenvalue weighted by atomic mass is 19.4. The molecule has 0 aliphatic carbocycles. The van der Waals surface area contributed by atoms with Gasteiger partial charge in [-0.25, -0.2) is 4.79 Å². The van der Waals surface area contributed by atoms with Gasteiger partial charge < -0.3 is 9.47 Å². The highest BCUT2D eigenvalue weighted by molar-refractivity contribution is 5.89. The summed E-state index contributed by atoms with van der Waals surface area (Å²) in [5, 5.41) is 0. The van der Waals surface area contributed by atoms with Crippen molar-refractivity contribution in [2.24, 2.45) is 0 Å². The fourth-order valence-corrected chi connectivity index (χ4v) is 1.22. The first-order valence-corrected chi connectivity index (χ1v) is 5.04. The number of hydrogen-bond donors (Lipinski definition) is 0. The lowest BCUT2D eigenvalue weighted by Gasteiger charge is -2.22. The van der Waals surface area contributed by atoms with E-state index < -0.39 is 30.0 Å². The molecule has 112 valence electrons. The Bertz CT molecular complexity index is 449. The predicted octanol–water partition coefficient (Wildman–Crippen LogP) is 3.35. The lowest BCUT2D eigenvalue weighted by molar-refractivity contribution is -0.307. The first-order chi connectivity index (χ1) is 9.05. The second kappa shape index (κ2) is 5.59. The van der Waals surface area contributed by atoms with Gasteiger partial charge in [0.1, 0.15) is 5.75 Å². The van der Waals surface area contributed by atoms with Crippen molar-refractivity contribution < 1.29 is 40.6 Å². The number of alkyl halides is 6. The zero-order valence-electron chi connectivity index (χ0n) is 9.88. The molecule has 0 aromatic heterocycles. The van der Waals surface area contributed by atoms with Gasteiger partial charge >= 0.3 is 18.3 Å². The highest BCUT2D eigenvalue weighted by Gasteiger charge is 2.59. The summed E-state index contributed by atoms with van der Waals surface area (Å²) in [5.74, 6) is -1.45. The topological polar surface area (TPSA) is 35.5 Å². The van der Waals surface area contributed by atoms with Gasteiger partial charge in [0.2, 0.25) is 0 Å². The third kappa shape index (κ3) is 4.04. The number of benzene rings is 1. The van der Waals surface area contributed by atoms with Crippen LogP contribution in [0.3, 0.4) is 0 Å². The van der Waals surface area contributed by atoms with Crippen LogP contribution in [0.5, 0.6) is 5.75 Å². The molecule has 3 nitrogen and oxygen atoms in total. The maximum atomic E-state index is 12.2. The third-order valence-corrected chi connectivity index (χ3v) is 2.15. The highest BCUT2D eigenvalue weighted by Crippen LogP contribution is 2.36.